The van der Waals surface area contributed by atoms with Crippen molar-refractivity contribution in [2.45, 2.75) is 33.2 Å². The van der Waals surface area contributed by atoms with Crippen LogP contribution in [0.3, 0.4) is 0 Å². The van der Waals surface area contributed by atoms with Crippen molar-refractivity contribution in [2.24, 2.45) is 0 Å². The first kappa shape index (κ1) is 22.5. The van der Waals surface area contributed by atoms with Gasteiger partial charge in [-0.05, 0) is 53.8 Å². The Hall–Kier alpha value is -1.77. The molecule has 0 fully saturated rings. The molecule has 0 unspecified atom stereocenters. The van der Waals surface area contributed by atoms with E-state index in [4.69, 9.17) is 0 Å². The van der Waals surface area contributed by atoms with Crippen molar-refractivity contribution < 1.29 is 17.6 Å². The minimum Gasteiger partial charge on any atom is -0.324 e. The van der Waals surface area contributed by atoms with Crippen molar-refractivity contribution in [2.75, 3.05) is 18.1 Å². The highest BCUT2D eigenvalue weighted by atomic mass is 79.9. The zero-order valence-corrected chi connectivity index (χ0v) is 18.5. The summed E-state index contributed by atoms with van der Waals surface area (Å²) in [6.45, 7) is 3.66. The summed E-state index contributed by atoms with van der Waals surface area (Å²) >= 11 is 3.48. The van der Waals surface area contributed by atoms with E-state index in [0.29, 0.717) is 5.56 Å². The maximum absolute atomic E-state index is 13.1. The number of nitrogens with zero attached hydrogens (tertiary/aromatic N) is 1. The van der Waals surface area contributed by atoms with Crippen LogP contribution in [0, 0.1) is 5.82 Å². The lowest BCUT2D eigenvalue weighted by molar-refractivity contribution is -0.116. The molecule has 0 heterocycles. The van der Waals surface area contributed by atoms with Crippen LogP contribution in [0.5, 0.6) is 0 Å². The Morgan fingerprint density at radius 1 is 1.11 bits per heavy atom. The number of aryl methyl sites for hydroxylation is 2. The number of hydrogen-bond donors (Lipinski definition) is 1. The second-order valence-electron chi connectivity index (χ2n) is 6.51. The molecule has 0 aliphatic rings. The fourth-order valence-electron chi connectivity index (χ4n) is 2.87. The van der Waals surface area contributed by atoms with E-state index < -0.39 is 21.7 Å². The minimum absolute atomic E-state index is 0.00581. The molecule has 1 amide bonds. The largest absolute Gasteiger partial charge is 0.324 e. The molecule has 0 spiro atoms. The van der Waals surface area contributed by atoms with Crippen molar-refractivity contribution in [1.82, 2.24) is 4.31 Å². The zero-order valence-electron chi connectivity index (χ0n) is 16.1. The molecule has 0 bridgehead atoms. The van der Waals surface area contributed by atoms with Crippen LogP contribution in [0.15, 0.2) is 40.9 Å². The molecule has 5 nitrogen and oxygen atoms in total. The van der Waals surface area contributed by atoms with Gasteiger partial charge < -0.3 is 5.32 Å². The van der Waals surface area contributed by atoms with Crippen LogP contribution in [-0.2, 0) is 34.2 Å². The van der Waals surface area contributed by atoms with Crippen LogP contribution in [0.25, 0.3) is 0 Å². The van der Waals surface area contributed by atoms with E-state index in [1.807, 2.05) is 26.0 Å². The molecule has 0 radical (unpaired) electrons. The average Bonchev–Trinajstić information content (AvgIpc) is 2.63. The Labute approximate surface area is 174 Å². The van der Waals surface area contributed by atoms with E-state index in [-0.39, 0.29) is 13.1 Å². The smallest absolute Gasteiger partial charge is 0.239 e. The highest BCUT2D eigenvalue weighted by Crippen LogP contribution is 2.27. The van der Waals surface area contributed by atoms with Gasteiger partial charge in [0.25, 0.3) is 0 Å². The fraction of sp³-hybridized carbons (Fsp3) is 0.350. The summed E-state index contributed by atoms with van der Waals surface area (Å²) in [6, 6.07) is 9.43. The molecular weight excluding hydrogens is 447 g/mol. The minimum atomic E-state index is -3.63. The first-order chi connectivity index (χ1) is 13.1. The quantitative estimate of drug-likeness (QED) is 0.630. The van der Waals surface area contributed by atoms with Crippen molar-refractivity contribution in [3.05, 3.63) is 63.4 Å². The SMILES string of the molecule is CCc1cc(Br)cc(CC)c1NC(=O)CN(Cc1ccc(F)cc1)S(C)(=O)=O. The molecule has 152 valence electrons. The number of rotatable bonds is 8. The Bertz CT molecular complexity index is 921. The number of halogens is 2. The maximum Gasteiger partial charge on any atom is 0.239 e. The van der Waals surface area contributed by atoms with Crippen molar-refractivity contribution in [3.8, 4) is 0 Å². The first-order valence-corrected chi connectivity index (χ1v) is 11.6. The third-order valence-electron chi connectivity index (χ3n) is 4.35. The molecule has 0 saturated heterocycles. The van der Waals surface area contributed by atoms with Crippen LogP contribution in [0.1, 0.15) is 30.5 Å². The zero-order chi connectivity index (χ0) is 20.9. The number of amides is 1. The van der Waals surface area contributed by atoms with Gasteiger partial charge in [-0.25, -0.2) is 12.8 Å². The Morgan fingerprint density at radius 2 is 1.64 bits per heavy atom. The predicted octanol–water partition coefficient (Wildman–Crippen LogP) is 4.11. The summed E-state index contributed by atoms with van der Waals surface area (Å²) < 4.78 is 39.4. The number of benzene rings is 2. The first-order valence-electron chi connectivity index (χ1n) is 8.94. The van der Waals surface area contributed by atoms with E-state index in [9.17, 15) is 17.6 Å². The van der Waals surface area contributed by atoms with Gasteiger partial charge >= 0.3 is 0 Å². The van der Waals surface area contributed by atoms with Crippen LogP contribution in [0.2, 0.25) is 0 Å². The lowest BCUT2D eigenvalue weighted by atomic mass is 10.0. The number of carbonyl (C=O) groups excluding carboxylic acids is 1. The summed E-state index contributed by atoms with van der Waals surface area (Å²) in [4.78, 5) is 12.6. The van der Waals surface area contributed by atoms with Crippen LogP contribution < -0.4 is 5.32 Å². The molecule has 28 heavy (non-hydrogen) atoms. The van der Waals surface area contributed by atoms with Gasteiger partial charge in [-0.2, -0.15) is 4.31 Å². The molecule has 0 aromatic heterocycles. The van der Waals surface area contributed by atoms with E-state index >= 15 is 0 Å². The third-order valence-corrected chi connectivity index (χ3v) is 6.01. The number of hydrogen-bond acceptors (Lipinski definition) is 3. The summed E-state index contributed by atoms with van der Waals surface area (Å²) in [5.41, 5.74) is 3.29. The van der Waals surface area contributed by atoms with Crippen LogP contribution in [0.4, 0.5) is 10.1 Å². The molecule has 2 aromatic carbocycles. The van der Waals surface area contributed by atoms with E-state index in [0.717, 1.165) is 44.7 Å². The lowest BCUT2D eigenvalue weighted by Gasteiger charge is -2.21. The van der Waals surface area contributed by atoms with Crippen molar-refractivity contribution in [1.29, 1.82) is 0 Å². The normalized spacial score (nSPS) is 11.6. The molecule has 2 aromatic rings. The van der Waals surface area contributed by atoms with Gasteiger partial charge in [0.15, 0.2) is 0 Å². The molecule has 0 aliphatic carbocycles. The second kappa shape index (κ2) is 9.62. The maximum atomic E-state index is 13.1. The van der Waals surface area contributed by atoms with Gasteiger partial charge in [0, 0.05) is 16.7 Å². The van der Waals surface area contributed by atoms with Crippen molar-refractivity contribution >= 4 is 37.5 Å². The van der Waals surface area contributed by atoms with Gasteiger partial charge in [0.05, 0.1) is 12.8 Å². The number of sulfonamides is 1. The van der Waals surface area contributed by atoms with Gasteiger partial charge in [-0.3, -0.25) is 4.79 Å². The van der Waals surface area contributed by atoms with Crippen molar-refractivity contribution in [3.63, 3.8) is 0 Å². The summed E-state index contributed by atoms with van der Waals surface area (Å²) in [5, 5.41) is 2.88. The Morgan fingerprint density at radius 3 is 2.11 bits per heavy atom. The topological polar surface area (TPSA) is 66.5 Å². The highest BCUT2D eigenvalue weighted by molar-refractivity contribution is 9.10. The monoisotopic (exact) mass is 470 g/mol. The third kappa shape index (κ3) is 6.12. The Balaban J connectivity index is 2.22. The standard InChI is InChI=1S/C20H24BrFN2O3S/c1-4-15-10-17(21)11-16(5-2)20(15)23-19(25)13-24(28(3,26)27)12-14-6-8-18(22)9-7-14/h6-11H,4-5,12-13H2,1-3H3,(H,23,25). The molecule has 2 rings (SSSR count). The number of anilines is 1. The lowest BCUT2D eigenvalue weighted by Crippen LogP contribution is -2.37. The molecule has 8 heteroatoms. The van der Waals surface area contributed by atoms with Crippen LogP contribution >= 0.6 is 15.9 Å². The average molecular weight is 471 g/mol. The summed E-state index contributed by atoms with van der Waals surface area (Å²) in [5.74, 6) is -0.818. The summed E-state index contributed by atoms with van der Waals surface area (Å²) in [6.07, 6.45) is 2.51. The molecular formula is C20H24BrFN2O3S. The van der Waals surface area contributed by atoms with Gasteiger partial charge in [0.2, 0.25) is 15.9 Å². The fourth-order valence-corrected chi connectivity index (χ4v) is 4.15. The Kier molecular flexibility index (Phi) is 7.74. The number of carbonyl (C=O) groups is 1. The highest BCUT2D eigenvalue weighted by Gasteiger charge is 2.22. The molecule has 1 N–H and O–H groups in total. The van der Waals surface area contributed by atoms with Gasteiger partial charge in [0.1, 0.15) is 5.82 Å². The van der Waals surface area contributed by atoms with E-state index in [2.05, 4.69) is 21.2 Å². The molecule has 0 saturated carbocycles. The molecule has 0 atom stereocenters. The van der Waals surface area contributed by atoms with Gasteiger partial charge in [-0.15, -0.1) is 0 Å². The van der Waals surface area contributed by atoms with Gasteiger partial charge in [-0.1, -0.05) is 41.9 Å². The van der Waals surface area contributed by atoms with E-state index in [1.165, 1.54) is 24.3 Å². The molecule has 0 aliphatic heterocycles. The second-order valence-corrected chi connectivity index (χ2v) is 9.41. The summed E-state index contributed by atoms with van der Waals surface area (Å²) in [7, 11) is -3.63. The van der Waals surface area contributed by atoms with E-state index in [1.54, 1.807) is 0 Å². The number of nitrogens with one attached hydrogen (secondary N) is 1. The van der Waals surface area contributed by atoms with Crippen LogP contribution in [-0.4, -0.2) is 31.4 Å². The predicted molar refractivity (Wildman–Crippen MR) is 113 cm³/mol.